The molecule has 3 rings (SSSR count). The van der Waals surface area contributed by atoms with E-state index in [1.165, 1.54) is 12.1 Å². The van der Waals surface area contributed by atoms with Gasteiger partial charge in [-0.05, 0) is 42.3 Å². The van der Waals surface area contributed by atoms with Crippen molar-refractivity contribution in [3.63, 3.8) is 0 Å². The zero-order valence-corrected chi connectivity index (χ0v) is 18.0. The first-order chi connectivity index (χ1) is 13.7. The molecule has 1 fully saturated rings. The third-order valence-electron chi connectivity index (χ3n) is 5.59. The number of halogens is 2. The van der Waals surface area contributed by atoms with E-state index in [0.29, 0.717) is 18.5 Å². The Balaban J connectivity index is 1.87. The smallest absolute Gasteiger partial charge is 0.411 e. The first-order valence-corrected chi connectivity index (χ1v) is 10.3. The predicted octanol–water partition coefficient (Wildman–Crippen LogP) is 4.90. The summed E-state index contributed by atoms with van der Waals surface area (Å²) in [6, 6.07) is 13.5. The molecule has 0 aliphatic carbocycles. The Morgan fingerprint density at radius 2 is 1.83 bits per heavy atom. The van der Waals surface area contributed by atoms with Gasteiger partial charge in [0.15, 0.2) is 0 Å². The molecule has 2 unspecified atom stereocenters. The van der Waals surface area contributed by atoms with E-state index in [0.717, 1.165) is 10.0 Å². The predicted molar refractivity (Wildman–Crippen MR) is 111 cm³/mol. The molecule has 1 heterocycles. The van der Waals surface area contributed by atoms with E-state index in [1.807, 2.05) is 31.2 Å². The van der Waals surface area contributed by atoms with Crippen LogP contribution in [0.2, 0.25) is 0 Å². The number of ether oxygens (including phenoxy) is 1. The van der Waals surface area contributed by atoms with Gasteiger partial charge in [-0.15, -0.1) is 0 Å². The second-order valence-corrected chi connectivity index (χ2v) is 8.46. The van der Waals surface area contributed by atoms with Crippen LogP contribution in [0.15, 0.2) is 53.0 Å². The van der Waals surface area contributed by atoms with Gasteiger partial charge in [-0.1, -0.05) is 47.1 Å². The SMILES string of the molecule is CC(CC1(c2ccc(F)cc2)CCN([C@@H](C)c2ccc(Br)cc2)C(=O)O1)C(N)=O. The molecule has 7 heteroatoms. The van der Waals surface area contributed by atoms with Gasteiger partial charge in [0.1, 0.15) is 11.4 Å². The number of cyclic esters (lactones) is 1. The molecular weight excluding hydrogens is 439 g/mol. The number of primary amides is 1. The quantitative estimate of drug-likeness (QED) is 0.663. The summed E-state index contributed by atoms with van der Waals surface area (Å²) in [7, 11) is 0. The number of benzene rings is 2. The molecule has 1 aliphatic heterocycles. The van der Waals surface area contributed by atoms with Crippen molar-refractivity contribution in [1.82, 2.24) is 4.90 Å². The average molecular weight is 463 g/mol. The average Bonchev–Trinajstić information content (AvgIpc) is 2.68. The summed E-state index contributed by atoms with van der Waals surface area (Å²) < 4.78 is 20.3. The van der Waals surface area contributed by atoms with Crippen molar-refractivity contribution in [2.24, 2.45) is 11.7 Å². The molecule has 2 N–H and O–H groups in total. The molecule has 2 aromatic rings. The zero-order valence-electron chi connectivity index (χ0n) is 16.4. The van der Waals surface area contributed by atoms with E-state index in [9.17, 15) is 14.0 Å². The van der Waals surface area contributed by atoms with Gasteiger partial charge in [0.25, 0.3) is 0 Å². The lowest BCUT2D eigenvalue weighted by molar-refractivity contribution is -0.126. The number of carbonyl (C=O) groups is 2. The topological polar surface area (TPSA) is 72.6 Å². The van der Waals surface area contributed by atoms with Crippen molar-refractivity contribution >= 4 is 27.9 Å². The molecule has 0 saturated carbocycles. The van der Waals surface area contributed by atoms with Crippen LogP contribution in [0.25, 0.3) is 0 Å². The van der Waals surface area contributed by atoms with Crippen LogP contribution in [0, 0.1) is 11.7 Å². The van der Waals surface area contributed by atoms with Gasteiger partial charge >= 0.3 is 6.09 Å². The fourth-order valence-electron chi connectivity index (χ4n) is 3.76. The maximum Gasteiger partial charge on any atom is 0.411 e. The molecule has 5 nitrogen and oxygen atoms in total. The first-order valence-electron chi connectivity index (χ1n) is 9.52. The summed E-state index contributed by atoms with van der Waals surface area (Å²) in [5.74, 6) is -1.34. The van der Waals surface area contributed by atoms with E-state index in [1.54, 1.807) is 24.0 Å². The van der Waals surface area contributed by atoms with Gasteiger partial charge in [-0.3, -0.25) is 4.79 Å². The minimum Gasteiger partial charge on any atom is -0.438 e. The zero-order chi connectivity index (χ0) is 21.2. The molecular formula is C22H24BrFN2O3. The fourth-order valence-corrected chi connectivity index (χ4v) is 4.02. The van der Waals surface area contributed by atoms with Crippen LogP contribution in [0.4, 0.5) is 9.18 Å². The lowest BCUT2D eigenvalue weighted by Crippen LogP contribution is -2.50. The van der Waals surface area contributed by atoms with E-state index in [-0.39, 0.29) is 18.3 Å². The Morgan fingerprint density at radius 1 is 1.21 bits per heavy atom. The summed E-state index contributed by atoms with van der Waals surface area (Å²) >= 11 is 3.41. The minimum absolute atomic E-state index is 0.171. The molecule has 2 amide bonds. The third-order valence-corrected chi connectivity index (χ3v) is 6.11. The Morgan fingerprint density at radius 3 is 2.38 bits per heavy atom. The first kappa shape index (κ1) is 21.3. The monoisotopic (exact) mass is 462 g/mol. The normalized spacial score (nSPS) is 21.4. The summed E-state index contributed by atoms with van der Waals surface area (Å²) in [5.41, 5.74) is 6.09. The van der Waals surface area contributed by atoms with Crippen molar-refractivity contribution in [2.75, 3.05) is 6.54 Å². The molecule has 1 aliphatic rings. The highest BCUT2D eigenvalue weighted by Crippen LogP contribution is 2.41. The van der Waals surface area contributed by atoms with Gasteiger partial charge < -0.3 is 15.4 Å². The molecule has 154 valence electrons. The van der Waals surface area contributed by atoms with E-state index in [4.69, 9.17) is 10.5 Å². The number of amides is 2. The van der Waals surface area contributed by atoms with Crippen molar-refractivity contribution in [3.8, 4) is 0 Å². The molecule has 3 atom stereocenters. The van der Waals surface area contributed by atoms with Crippen molar-refractivity contribution < 1.29 is 18.7 Å². The van der Waals surface area contributed by atoms with Crippen LogP contribution in [-0.4, -0.2) is 23.4 Å². The second kappa shape index (κ2) is 8.53. The van der Waals surface area contributed by atoms with Gasteiger partial charge in [0.2, 0.25) is 5.91 Å². The molecule has 0 radical (unpaired) electrons. The van der Waals surface area contributed by atoms with Gasteiger partial charge in [-0.25, -0.2) is 9.18 Å². The highest BCUT2D eigenvalue weighted by Gasteiger charge is 2.45. The van der Waals surface area contributed by atoms with Crippen molar-refractivity contribution in [1.29, 1.82) is 0 Å². The van der Waals surface area contributed by atoms with Crippen LogP contribution in [-0.2, 0) is 15.1 Å². The number of nitrogens with zero attached hydrogens (tertiary/aromatic N) is 1. The number of hydrogen-bond acceptors (Lipinski definition) is 3. The fraction of sp³-hybridized carbons (Fsp3) is 0.364. The second-order valence-electron chi connectivity index (χ2n) is 7.55. The number of carbonyl (C=O) groups excluding carboxylic acids is 2. The molecule has 0 aromatic heterocycles. The largest absolute Gasteiger partial charge is 0.438 e. The standard InChI is InChI=1S/C22H24BrFN2O3/c1-14(20(25)27)13-22(17-5-9-19(24)10-6-17)11-12-26(21(28)29-22)15(2)16-3-7-18(23)8-4-16/h3-10,14-15H,11-13H2,1-2H3,(H2,25,27)/t14?,15-,22?/m0/s1. The number of hydrogen-bond donors (Lipinski definition) is 1. The van der Waals surface area contributed by atoms with Gasteiger partial charge in [0, 0.05) is 29.8 Å². The highest BCUT2D eigenvalue weighted by molar-refractivity contribution is 9.10. The lowest BCUT2D eigenvalue weighted by atomic mass is 9.81. The van der Waals surface area contributed by atoms with Crippen molar-refractivity contribution in [3.05, 3.63) is 69.9 Å². The van der Waals surface area contributed by atoms with Gasteiger partial charge in [-0.2, -0.15) is 0 Å². The lowest BCUT2D eigenvalue weighted by Gasteiger charge is -2.44. The van der Waals surface area contributed by atoms with Crippen molar-refractivity contribution in [2.45, 2.75) is 38.3 Å². The third kappa shape index (κ3) is 4.61. The Hall–Kier alpha value is -2.41. The molecule has 0 bridgehead atoms. The summed E-state index contributed by atoms with van der Waals surface area (Å²) in [4.78, 5) is 26.3. The maximum absolute atomic E-state index is 13.4. The molecule has 0 spiro atoms. The molecule has 29 heavy (non-hydrogen) atoms. The minimum atomic E-state index is -1.02. The number of rotatable bonds is 6. The summed E-state index contributed by atoms with van der Waals surface area (Å²) in [6.07, 6.45) is 0.260. The molecule has 1 saturated heterocycles. The molecule has 2 aromatic carbocycles. The Bertz CT molecular complexity index is 888. The van der Waals surface area contributed by atoms with Crippen LogP contribution >= 0.6 is 15.9 Å². The summed E-state index contributed by atoms with van der Waals surface area (Å²) in [6.45, 7) is 4.10. The van der Waals surface area contributed by atoms with E-state index in [2.05, 4.69) is 15.9 Å². The van der Waals surface area contributed by atoms with Crippen LogP contribution in [0.3, 0.4) is 0 Å². The van der Waals surface area contributed by atoms with Gasteiger partial charge in [0.05, 0.1) is 6.04 Å². The number of nitrogens with two attached hydrogens (primary N) is 1. The van der Waals surface area contributed by atoms with Crippen LogP contribution in [0.1, 0.15) is 43.9 Å². The van der Waals surface area contributed by atoms with Crippen LogP contribution in [0.5, 0.6) is 0 Å². The maximum atomic E-state index is 13.4. The Labute approximate surface area is 178 Å². The van der Waals surface area contributed by atoms with Crippen LogP contribution < -0.4 is 5.73 Å². The van der Waals surface area contributed by atoms with E-state index < -0.39 is 23.5 Å². The Kier molecular flexibility index (Phi) is 6.27. The summed E-state index contributed by atoms with van der Waals surface area (Å²) in [5, 5.41) is 0. The highest BCUT2D eigenvalue weighted by atomic mass is 79.9. The van der Waals surface area contributed by atoms with E-state index >= 15 is 0 Å².